The Morgan fingerprint density at radius 2 is 1.95 bits per heavy atom. The molecular weight excluding hydrogens is 256 g/mol. The maximum atomic E-state index is 12.1. The third-order valence-corrected chi connectivity index (χ3v) is 3.14. The highest BCUT2D eigenvalue weighted by molar-refractivity contribution is 6.04. The summed E-state index contributed by atoms with van der Waals surface area (Å²) in [6.45, 7) is 4.63. The summed E-state index contributed by atoms with van der Waals surface area (Å²) < 4.78 is 5.51. The highest BCUT2D eigenvalue weighted by Crippen LogP contribution is 2.14. The zero-order chi connectivity index (χ0) is 14.5. The summed E-state index contributed by atoms with van der Waals surface area (Å²) in [4.78, 5) is 25.1. The van der Waals surface area contributed by atoms with Gasteiger partial charge in [-0.15, -0.1) is 0 Å². The molecule has 1 aromatic carbocycles. The van der Waals surface area contributed by atoms with E-state index in [0.29, 0.717) is 18.9 Å². The van der Waals surface area contributed by atoms with E-state index >= 15 is 0 Å². The SMILES string of the molecule is CC(C)CC1NC(=O)N(CCOc2ccccc2)C1=O. The second-order valence-corrected chi connectivity index (χ2v) is 5.28. The van der Waals surface area contributed by atoms with Crippen molar-refractivity contribution in [2.75, 3.05) is 13.2 Å². The summed E-state index contributed by atoms with van der Waals surface area (Å²) in [6, 6.07) is 8.63. The van der Waals surface area contributed by atoms with Crippen molar-refractivity contribution in [3.05, 3.63) is 30.3 Å². The fourth-order valence-electron chi connectivity index (χ4n) is 2.19. The molecule has 1 fully saturated rings. The number of carbonyl (C=O) groups is 2. The van der Waals surface area contributed by atoms with Crippen LogP contribution in [0.5, 0.6) is 5.75 Å². The molecule has 0 saturated carbocycles. The van der Waals surface area contributed by atoms with E-state index in [9.17, 15) is 9.59 Å². The Morgan fingerprint density at radius 1 is 1.25 bits per heavy atom. The van der Waals surface area contributed by atoms with Gasteiger partial charge in [-0.05, 0) is 24.5 Å². The number of imide groups is 1. The monoisotopic (exact) mass is 276 g/mol. The number of para-hydroxylation sites is 1. The van der Waals surface area contributed by atoms with Gasteiger partial charge < -0.3 is 10.1 Å². The van der Waals surface area contributed by atoms with Gasteiger partial charge in [0.15, 0.2) is 0 Å². The Labute approximate surface area is 118 Å². The molecule has 1 atom stereocenters. The third-order valence-electron chi connectivity index (χ3n) is 3.14. The van der Waals surface area contributed by atoms with E-state index < -0.39 is 0 Å². The highest BCUT2D eigenvalue weighted by Gasteiger charge is 2.37. The number of ether oxygens (including phenoxy) is 1. The lowest BCUT2D eigenvalue weighted by Crippen LogP contribution is -2.35. The molecular formula is C15H20N2O3. The topological polar surface area (TPSA) is 58.6 Å². The molecule has 1 aliphatic rings. The van der Waals surface area contributed by atoms with Gasteiger partial charge in [0.05, 0.1) is 6.54 Å². The molecule has 2 rings (SSSR count). The molecule has 0 spiro atoms. The van der Waals surface area contributed by atoms with E-state index in [-0.39, 0.29) is 24.5 Å². The summed E-state index contributed by atoms with van der Waals surface area (Å²) >= 11 is 0. The van der Waals surface area contributed by atoms with Gasteiger partial charge in [0, 0.05) is 0 Å². The molecule has 0 aliphatic carbocycles. The fourth-order valence-corrected chi connectivity index (χ4v) is 2.19. The molecule has 108 valence electrons. The average molecular weight is 276 g/mol. The summed E-state index contributed by atoms with van der Waals surface area (Å²) in [5, 5.41) is 2.72. The maximum absolute atomic E-state index is 12.1. The minimum atomic E-state index is -0.390. The van der Waals surface area contributed by atoms with E-state index in [4.69, 9.17) is 4.74 Å². The first-order valence-corrected chi connectivity index (χ1v) is 6.87. The number of nitrogens with zero attached hydrogens (tertiary/aromatic N) is 1. The van der Waals surface area contributed by atoms with Gasteiger partial charge in [0.25, 0.3) is 5.91 Å². The normalized spacial score (nSPS) is 18.6. The molecule has 1 saturated heterocycles. The molecule has 0 bridgehead atoms. The lowest BCUT2D eigenvalue weighted by Gasteiger charge is -2.14. The second-order valence-electron chi connectivity index (χ2n) is 5.28. The Bertz CT molecular complexity index is 473. The quantitative estimate of drug-likeness (QED) is 0.809. The predicted molar refractivity (Wildman–Crippen MR) is 75.4 cm³/mol. The standard InChI is InChI=1S/C15H20N2O3/c1-11(2)10-13-14(18)17(15(19)16-13)8-9-20-12-6-4-3-5-7-12/h3-7,11,13H,8-10H2,1-2H3,(H,16,19). The Balaban J connectivity index is 1.84. The van der Waals surface area contributed by atoms with Gasteiger partial charge in [-0.1, -0.05) is 32.0 Å². The van der Waals surface area contributed by atoms with Gasteiger partial charge in [-0.2, -0.15) is 0 Å². The van der Waals surface area contributed by atoms with Gasteiger partial charge in [0.2, 0.25) is 0 Å². The van der Waals surface area contributed by atoms with Crippen LogP contribution < -0.4 is 10.1 Å². The van der Waals surface area contributed by atoms with Crippen LogP contribution in [0.4, 0.5) is 4.79 Å². The van der Waals surface area contributed by atoms with Crippen LogP contribution in [0.2, 0.25) is 0 Å². The largest absolute Gasteiger partial charge is 0.492 e. The van der Waals surface area contributed by atoms with Crippen LogP contribution in [0, 0.1) is 5.92 Å². The minimum Gasteiger partial charge on any atom is -0.492 e. The summed E-state index contributed by atoms with van der Waals surface area (Å²) in [5.74, 6) is 0.948. The van der Waals surface area contributed by atoms with Crippen LogP contribution >= 0.6 is 0 Å². The summed E-state index contributed by atoms with van der Waals surface area (Å²) in [7, 11) is 0. The van der Waals surface area contributed by atoms with Gasteiger partial charge in [-0.25, -0.2) is 4.79 Å². The van der Waals surface area contributed by atoms with Crippen molar-refractivity contribution in [1.82, 2.24) is 10.2 Å². The maximum Gasteiger partial charge on any atom is 0.324 e. The molecule has 20 heavy (non-hydrogen) atoms. The first-order valence-electron chi connectivity index (χ1n) is 6.87. The number of carbonyl (C=O) groups excluding carboxylic acids is 2. The van der Waals surface area contributed by atoms with E-state index in [2.05, 4.69) is 5.32 Å². The van der Waals surface area contributed by atoms with Crippen LogP contribution in [0.15, 0.2) is 30.3 Å². The summed E-state index contributed by atoms with van der Waals surface area (Å²) in [6.07, 6.45) is 0.667. The summed E-state index contributed by atoms with van der Waals surface area (Å²) in [5.41, 5.74) is 0. The molecule has 1 aromatic rings. The minimum absolute atomic E-state index is 0.152. The van der Waals surface area contributed by atoms with Crippen molar-refractivity contribution >= 4 is 11.9 Å². The molecule has 1 aliphatic heterocycles. The van der Waals surface area contributed by atoms with Crippen LogP contribution in [0.25, 0.3) is 0 Å². The van der Waals surface area contributed by atoms with Crippen molar-refractivity contribution in [3.63, 3.8) is 0 Å². The molecule has 5 nitrogen and oxygen atoms in total. The number of hydrogen-bond donors (Lipinski definition) is 1. The fraction of sp³-hybridized carbons (Fsp3) is 0.467. The highest BCUT2D eigenvalue weighted by atomic mass is 16.5. The molecule has 1 N–H and O–H groups in total. The number of amides is 3. The zero-order valence-corrected chi connectivity index (χ0v) is 11.8. The number of rotatable bonds is 6. The lowest BCUT2D eigenvalue weighted by molar-refractivity contribution is -0.128. The molecule has 3 amide bonds. The average Bonchev–Trinajstić information content (AvgIpc) is 2.67. The number of urea groups is 1. The smallest absolute Gasteiger partial charge is 0.324 e. The third kappa shape index (κ3) is 3.50. The van der Waals surface area contributed by atoms with E-state index in [1.54, 1.807) is 0 Å². The van der Waals surface area contributed by atoms with Crippen LogP contribution in [-0.4, -0.2) is 36.0 Å². The van der Waals surface area contributed by atoms with E-state index in [0.717, 1.165) is 5.75 Å². The van der Waals surface area contributed by atoms with E-state index in [1.807, 2.05) is 44.2 Å². The van der Waals surface area contributed by atoms with Gasteiger partial charge in [-0.3, -0.25) is 9.69 Å². The van der Waals surface area contributed by atoms with Crippen LogP contribution in [-0.2, 0) is 4.79 Å². The first kappa shape index (κ1) is 14.4. The van der Waals surface area contributed by atoms with Crippen LogP contribution in [0.1, 0.15) is 20.3 Å². The van der Waals surface area contributed by atoms with Crippen molar-refractivity contribution < 1.29 is 14.3 Å². The van der Waals surface area contributed by atoms with Gasteiger partial charge in [0.1, 0.15) is 18.4 Å². The Morgan fingerprint density at radius 3 is 2.60 bits per heavy atom. The van der Waals surface area contributed by atoms with Crippen LogP contribution in [0.3, 0.4) is 0 Å². The van der Waals surface area contributed by atoms with Crippen molar-refractivity contribution in [2.45, 2.75) is 26.3 Å². The first-order chi connectivity index (χ1) is 9.58. The van der Waals surface area contributed by atoms with Crippen molar-refractivity contribution in [1.29, 1.82) is 0 Å². The lowest BCUT2D eigenvalue weighted by atomic mass is 10.0. The Kier molecular flexibility index (Phi) is 4.61. The molecule has 1 unspecified atom stereocenters. The van der Waals surface area contributed by atoms with Crippen molar-refractivity contribution in [2.24, 2.45) is 5.92 Å². The second kappa shape index (κ2) is 6.41. The molecule has 0 aromatic heterocycles. The predicted octanol–water partition coefficient (Wildman–Crippen LogP) is 2.03. The number of benzene rings is 1. The van der Waals surface area contributed by atoms with Gasteiger partial charge >= 0.3 is 6.03 Å². The number of hydrogen-bond acceptors (Lipinski definition) is 3. The molecule has 0 radical (unpaired) electrons. The van der Waals surface area contributed by atoms with Crippen molar-refractivity contribution in [3.8, 4) is 5.75 Å². The zero-order valence-electron chi connectivity index (χ0n) is 11.8. The molecule has 1 heterocycles. The van der Waals surface area contributed by atoms with E-state index in [1.165, 1.54) is 4.90 Å². The number of nitrogens with one attached hydrogen (secondary N) is 1. The molecule has 5 heteroatoms. The Hall–Kier alpha value is -2.04.